The molecule has 0 atom stereocenters. The quantitative estimate of drug-likeness (QED) is 0.808. The van der Waals surface area contributed by atoms with Crippen molar-refractivity contribution in [2.24, 2.45) is 0 Å². The Morgan fingerprint density at radius 2 is 2.19 bits per heavy atom. The van der Waals surface area contributed by atoms with Gasteiger partial charge in [-0.3, -0.25) is 4.79 Å². The van der Waals surface area contributed by atoms with E-state index in [1.165, 1.54) is 0 Å². The minimum Gasteiger partial charge on any atom is -0.481 e. The molecule has 1 fully saturated rings. The maximum Gasteiger partial charge on any atom is 0.322 e. The van der Waals surface area contributed by atoms with Crippen LogP contribution >= 0.6 is 0 Å². The van der Waals surface area contributed by atoms with Crippen molar-refractivity contribution in [1.29, 1.82) is 0 Å². The van der Waals surface area contributed by atoms with Crippen LogP contribution in [0.5, 0.6) is 0 Å². The number of amides is 2. The standard InChI is InChI=1S/C15H20N2O4/c1-21-10-11-3-2-4-12(9-11)16-15(20)17(13-5-6-13)8-7-14(18)19/h2-4,9,13H,5-8,10H2,1H3,(H,16,20)(H,18,19). The van der Waals surface area contributed by atoms with Gasteiger partial charge in [0.1, 0.15) is 0 Å². The molecule has 1 aromatic carbocycles. The molecule has 0 aromatic heterocycles. The monoisotopic (exact) mass is 292 g/mol. The summed E-state index contributed by atoms with van der Waals surface area (Å²) in [5.74, 6) is -0.893. The molecule has 6 heteroatoms. The Hall–Kier alpha value is -2.08. The third-order valence-corrected chi connectivity index (χ3v) is 3.30. The fourth-order valence-corrected chi connectivity index (χ4v) is 2.15. The van der Waals surface area contributed by atoms with Crippen molar-refractivity contribution in [3.8, 4) is 0 Å². The summed E-state index contributed by atoms with van der Waals surface area (Å²) in [5, 5.41) is 11.6. The maximum atomic E-state index is 12.3. The Labute approximate surface area is 123 Å². The van der Waals surface area contributed by atoms with Crippen molar-refractivity contribution in [2.75, 3.05) is 19.0 Å². The van der Waals surface area contributed by atoms with Crippen molar-refractivity contribution in [3.63, 3.8) is 0 Å². The van der Waals surface area contributed by atoms with Crippen LogP contribution in [0.25, 0.3) is 0 Å². The number of benzene rings is 1. The van der Waals surface area contributed by atoms with E-state index in [0.29, 0.717) is 12.3 Å². The predicted octanol–water partition coefficient (Wildman–Crippen LogP) is 2.30. The van der Waals surface area contributed by atoms with Crippen LogP contribution in [0.3, 0.4) is 0 Å². The number of nitrogens with zero attached hydrogens (tertiary/aromatic N) is 1. The number of anilines is 1. The molecule has 1 aromatic rings. The Bertz CT molecular complexity index is 514. The van der Waals surface area contributed by atoms with E-state index in [1.54, 1.807) is 18.1 Å². The van der Waals surface area contributed by atoms with Crippen molar-refractivity contribution < 1.29 is 19.4 Å². The predicted molar refractivity (Wildman–Crippen MR) is 78.2 cm³/mol. The lowest BCUT2D eigenvalue weighted by atomic mass is 10.2. The summed E-state index contributed by atoms with van der Waals surface area (Å²) in [6.45, 7) is 0.721. The summed E-state index contributed by atoms with van der Waals surface area (Å²) in [6.07, 6.45) is 1.85. The summed E-state index contributed by atoms with van der Waals surface area (Å²) < 4.78 is 5.06. The second kappa shape index (κ2) is 7.08. The average Bonchev–Trinajstić information content (AvgIpc) is 3.24. The zero-order chi connectivity index (χ0) is 15.2. The van der Waals surface area contributed by atoms with Crippen LogP contribution in [0, 0.1) is 0 Å². The molecule has 2 rings (SSSR count). The fraction of sp³-hybridized carbons (Fsp3) is 0.467. The molecule has 0 unspecified atom stereocenters. The topological polar surface area (TPSA) is 78.9 Å². The highest BCUT2D eigenvalue weighted by Crippen LogP contribution is 2.27. The highest BCUT2D eigenvalue weighted by molar-refractivity contribution is 5.90. The number of urea groups is 1. The molecule has 0 heterocycles. The number of carboxylic acids is 1. The number of nitrogens with one attached hydrogen (secondary N) is 1. The molecule has 0 aliphatic heterocycles. The van der Waals surface area contributed by atoms with Gasteiger partial charge < -0.3 is 20.1 Å². The molecule has 1 aliphatic rings. The zero-order valence-corrected chi connectivity index (χ0v) is 12.0. The number of hydrogen-bond donors (Lipinski definition) is 2. The number of hydrogen-bond acceptors (Lipinski definition) is 3. The van der Waals surface area contributed by atoms with E-state index in [2.05, 4.69) is 5.32 Å². The normalized spacial score (nSPS) is 13.8. The lowest BCUT2D eigenvalue weighted by Crippen LogP contribution is -2.38. The van der Waals surface area contributed by atoms with Crippen molar-refractivity contribution in [1.82, 2.24) is 4.90 Å². The van der Waals surface area contributed by atoms with Gasteiger partial charge in [-0.05, 0) is 30.5 Å². The fourth-order valence-electron chi connectivity index (χ4n) is 2.15. The molecule has 0 spiro atoms. The van der Waals surface area contributed by atoms with E-state index >= 15 is 0 Å². The molecule has 0 radical (unpaired) electrons. The molecule has 0 bridgehead atoms. The first kappa shape index (κ1) is 15.3. The molecule has 2 amide bonds. The first-order valence-corrected chi connectivity index (χ1v) is 6.97. The van der Waals surface area contributed by atoms with Gasteiger partial charge in [0.25, 0.3) is 0 Å². The van der Waals surface area contributed by atoms with Crippen LogP contribution in [0.1, 0.15) is 24.8 Å². The van der Waals surface area contributed by atoms with Crippen LogP contribution in [0.4, 0.5) is 10.5 Å². The molecule has 0 saturated heterocycles. The SMILES string of the molecule is COCc1cccc(NC(=O)N(CCC(=O)O)C2CC2)c1. The number of aliphatic carboxylic acids is 1. The van der Waals surface area contributed by atoms with E-state index in [-0.39, 0.29) is 25.0 Å². The Balaban J connectivity index is 1.97. The number of carboxylic acid groups (broad SMARTS) is 1. The van der Waals surface area contributed by atoms with Gasteiger partial charge >= 0.3 is 12.0 Å². The van der Waals surface area contributed by atoms with E-state index < -0.39 is 5.97 Å². The number of rotatable bonds is 7. The van der Waals surface area contributed by atoms with Gasteiger partial charge in [-0.25, -0.2) is 4.79 Å². The summed E-state index contributed by atoms with van der Waals surface area (Å²) in [6, 6.07) is 7.35. The van der Waals surface area contributed by atoms with Gasteiger partial charge in [0.05, 0.1) is 13.0 Å². The highest BCUT2D eigenvalue weighted by atomic mass is 16.5. The van der Waals surface area contributed by atoms with Gasteiger partial charge in [0.2, 0.25) is 0 Å². The van der Waals surface area contributed by atoms with Crippen LogP contribution in [-0.2, 0) is 16.1 Å². The molecular formula is C15H20N2O4. The largest absolute Gasteiger partial charge is 0.481 e. The van der Waals surface area contributed by atoms with Crippen LogP contribution < -0.4 is 5.32 Å². The summed E-state index contributed by atoms with van der Waals surface area (Å²) in [5.41, 5.74) is 1.66. The van der Waals surface area contributed by atoms with E-state index in [0.717, 1.165) is 18.4 Å². The third kappa shape index (κ3) is 4.75. The lowest BCUT2D eigenvalue weighted by Gasteiger charge is -2.22. The van der Waals surface area contributed by atoms with Crippen LogP contribution in [0.2, 0.25) is 0 Å². The third-order valence-electron chi connectivity index (χ3n) is 3.30. The van der Waals surface area contributed by atoms with Gasteiger partial charge in [-0.15, -0.1) is 0 Å². The molecule has 1 aliphatic carbocycles. The maximum absolute atomic E-state index is 12.3. The molecule has 1 saturated carbocycles. The van der Waals surface area contributed by atoms with E-state index in [4.69, 9.17) is 9.84 Å². The van der Waals surface area contributed by atoms with E-state index in [1.807, 2.05) is 18.2 Å². The van der Waals surface area contributed by atoms with Crippen molar-refractivity contribution in [3.05, 3.63) is 29.8 Å². The highest BCUT2D eigenvalue weighted by Gasteiger charge is 2.32. The second-order valence-corrected chi connectivity index (χ2v) is 5.13. The molecule has 21 heavy (non-hydrogen) atoms. The van der Waals surface area contributed by atoms with Crippen LogP contribution in [0.15, 0.2) is 24.3 Å². The first-order valence-electron chi connectivity index (χ1n) is 6.97. The Morgan fingerprint density at radius 3 is 2.81 bits per heavy atom. The first-order chi connectivity index (χ1) is 10.1. The zero-order valence-electron chi connectivity index (χ0n) is 12.0. The number of carbonyl (C=O) groups is 2. The van der Waals surface area contributed by atoms with Gasteiger partial charge in [-0.2, -0.15) is 0 Å². The van der Waals surface area contributed by atoms with Gasteiger partial charge in [0.15, 0.2) is 0 Å². The minimum atomic E-state index is -0.893. The number of ether oxygens (including phenoxy) is 1. The minimum absolute atomic E-state index is 0.0341. The summed E-state index contributed by atoms with van der Waals surface area (Å²) >= 11 is 0. The van der Waals surface area contributed by atoms with E-state index in [9.17, 15) is 9.59 Å². The number of methoxy groups -OCH3 is 1. The molecular weight excluding hydrogens is 272 g/mol. The van der Waals surface area contributed by atoms with Crippen molar-refractivity contribution >= 4 is 17.7 Å². The molecule has 114 valence electrons. The Kier molecular flexibility index (Phi) is 5.16. The van der Waals surface area contributed by atoms with Gasteiger partial charge in [-0.1, -0.05) is 12.1 Å². The van der Waals surface area contributed by atoms with Crippen molar-refractivity contribution in [2.45, 2.75) is 31.9 Å². The molecule has 2 N–H and O–H groups in total. The molecule has 6 nitrogen and oxygen atoms in total. The Morgan fingerprint density at radius 1 is 1.43 bits per heavy atom. The number of carbonyl (C=O) groups excluding carboxylic acids is 1. The van der Waals surface area contributed by atoms with Gasteiger partial charge in [0, 0.05) is 25.4 Å². The smallest absolute Gasteiger partial charge is 0.322 e. The summed E-state index contributed by atoms with van der Waals surface area (Å²) in [7, 11) is 1.62. The second-order valence-electron chi connectivity index (χ2n) is 5.13. The lowest BCUT2D eigenvalue weighted by molar-refractivity contribution is -0.137. The van der Waals surface area contributed by atoms with Crippen LogP contribution in [-0.4, -0.2) is 41.7 Å². The summed E-state index contributed by atoms with van der Waals surface area (Å²) in [4.78, 5) is 24.5. The average molecular weight is 292 g/mol.